The quantitative estimate of drug-likeness (QED) is 0.786. The molecule has 1 aromatic rings. The molecule has 0 N–H and O–H groups in total. The van der Waals surface area contributed by atoms with Crippen LogP contribution in [0.3, 0.4) is 0 Å². The second-order valence-electron chi connectivity index (χ2n) is 3.53. The van der Waals surface area contributed by atoms with Gasteiger partial charge in [-0.1, -0.05) is 15.9 Å². The van der Waals surface area contributed by atoms with Gasteiger partial charge in [0.05, 0.1) is 6.61 Å². The molecule has 1 rings (SSSR count). The number of pyridine rings is 1. The standard InChI is InChI=1S/C11H16BrNO2/c1-8-6-9(2)13(4-5-15-3)11(14)10(8)7-12/h6H,4-5,7H2,1-3H3. The molecule has 0 bridgehead atoms. The van der Waals surface area contributed by atoms with Gasteiger partial charge in [-0.15, -0.1) is 0 Å². The molecule has 0 saturated carbocycles. The highest BCUT2D eigenvalue weighted by Crippen LogP contribution is 2.09. The van der Waals surface area contributed by atoms with Crippen LogP contribution in [0.5, 0.6) is 0 Å². The number of halogens is 1. The Morgan fingerprint density at radius 3 is 2.67 bits per heavy atom. The van der Waals surface area contributed by atoms with Crippen LogP contribution in [-0.4, -0.2) is 18.3 Å². The number of methoxy groups -OCH3 is 1. The van der Waals surface area contributed by atoms with Crippen LogP contribution in [0, 0.1) is 13.8 Å². The molecule has 3 nitrogen and oxygen atoms in total. The van der Waals surface area contributed by atoms with Crippen molar-refractivity contribution in [2.45, 2.75) is 25.7 Å². The molecule has 0 saturated heterocycles. The molecule has 0 unspecified atom stereocenters. The third-order valence-corrected chi connectivity index (χ3v) is 3.04. The lowest BCUT2D eigenvalue weighted by Crippen LogP contribution is -2.27. The Bertz CT molecular complexity index is 398. The minimum absolute atomic E-state index is 0.0847. The van der Waals surface area contributed by atoms with Crippen molar-refractivity contribution < 1.29 is 4.74 Å². The highest BCUT2D eigenvalue weighted by molar-refractivity contribution is 9.08. The number of rotatable bonds is 4. The van der Waals surface area contributed by atoms with Crippen molar-refractivity contribution in [1.82, 2.24) is 4.57 Å². The topological polar surface area (TPSA) is 31.2 Å². The molecule has 0 aromatic carbocycles. The monoisotopic (exact) mass is 273 g/mol. The Morgan fingerprint density at radius 2 is 2.13 bits per heavy atom. The van der Waals surface area contributed by atoms with E-state index in [2.05, 4.69) is 15.9 Å². The summed E-state index contributed by atoms with van der Waals surface area (Å²) in [6.45, 7) is 5.08. The highest BCUT2D eigenvalue weighted by atomic mass is 79.9. The number of alkyl halides is 1. The first kappa shape index (κ1) is 12.5. The fourth-order valence-corrected chi connectivity index (χ4v) is 2.28. The molecule has 0 fully saturated rings. The molecule has 0 aliphatic heterocycles. The lowest BCUT2D eigenvalue weighted by Gasteiger charge is -2.12. The molecule has 1 aromatic heterocycles. The summed E-state index contributed by atoms with van der Waals surface area (Å²) in [5, 5.41) is 0.602. The summed E-state index contributed by atoms with van der Waals surface area (Å²) in [4.78, 5) is 12.0. The lowest BCUT2D eigenvalue weighted by atomic mass is 10.1. The molecule has 0 aliphatic rings. The summed E-state index contributed by atoms with van der Waals surface area (Å²) in [5.41, 5.74) is 2.94. The first-order chi connectivity index (χ1) is 7.11. The average Bonchev–Trinajstić information content (AvgIpc) is 2.17. The van der Waals surface area contributed by atoms with Crippen molar-refractivity contribution in [2.75, 3.05) is 13.7 Å². The maximum atomic E-state index is 12.0. The van der Waals surface area contributed by atoms with Crippen molar-refractivity contribution >= 4 is 15.9 Å². The van der Waals surface area contributed by atoms with Gasteiger partial charge >= 0.3 is 0 Å². The zero-order valence-corrected chi connectivity index (χ0v) is 10.9. The number of ether oxygens (including phenoxy) is 1. The van der Waals surface area contributed by atoms with E-state index in [4.69, 9.17) is 4.74 Å². The van der Waals surface area contributed by atoms with Crippen LogP contribution < -0.4 is 5.56 Å². The van der Waals surface area contributed by atoms with E-state index in [1.807, 2.05) is 19.9 Å². The maximum Gasteiger partial charge on any atom is 0.255 e. The number of hydrogen-bond donors (Lipinski definition) is 0. The molecule has 0 spiro atoms. The van der Waals surface area contributed by atoms with Crippen LogP contribution in [0.2, 0.25) is 0 Å². The van der Waals surface area contributed by atoms with Crippen LogP contribution in [-0.2, 0) is 16.6 Å². The zero-order chi connectivity index (χ0) is 11.4. The molecular weight excluding hydrogens is 258 g/mol. The van der Waals surface area contributed by atoms with Gasteiger partial charge in [0.25, 0.3) is 5.56 Å². The predicted molar refractivity (Wildman–Crippen MR) is 64.7 cm³/mol. The van der Waals surface area contributed by atoms with E-state index < -0.39 is 0 Å². The number of aryl methyl sites for hydroxylation is 2. The van der Waals surface area contributed by atoms with E-state index >= 15 is 0 Å². The molecule has 0 atom stereocenters. The van der Waals surface area contributed by atoms with Crippen LogP contribution in [0.25, 0.3) is 0 Å². The fourth-order valence-electron chi connectivity index (χ4n) is 1.59. The summed E-state index contributed by atoms with van der Waals surface area (Å²) >= 11 is 3.34. The van der Waals surface area contributed by atoms with Gasteiger partial charge in [0, 0.05) is 30.2 Å². The molecule has 4 heteroatoms. The molecule has 0 aliphatic carbocycles. The SMILES string of the molecule is COCCn1c(C)cc(C)c(CBr)c1=O. The molecule has 84 valence electrons. The van der Waals surface area contributed by atoms with Crippen molar-refractivity contribution in [1.29, 1.82) is 0 Å². The molecule has 1 heterocycles. The third-order valence-electron chi connectivity index (χ3n) is 2.48. The van der Waals surface area contributed by atoms with Crippen LogP contribution in [0.15, 0.2) is 10.9 Å². The lowest BCUT2D eigenvalue weighted by molar-refractivity contribution is 0.185. The van der Waals surface area contributed by atoms with E-state index in [1.54, 1.807) is 11.7 Å². The molecule has 15 heavy (non-hydrogen) atoms. The first-order valence-corrected chi connectivity index (χ1v) is 5.98. The van der Waals surface area contributed by atoms with Crippen LogP contribution in [0.1, 0.15) is 16.8 Å². The summed E-state index contributed by atoms with van der Waals surface area (Å²) in [7, 11) is 1.64. The van der Waals surface area contributed by atoms with Gasteiger partial charge < -0.3 is 9.30 Å². The van der Waals surface area contributed by atoms with Crippen molar-refractivity contribution in [3.8, 4) is 0 Å². The average molecular weight is 274 g/mol. The van der Waals surface area contributed by atoms with E-state index in [9.17, 15) is 4.79 Å². The third kappa shape index (κ3) is 2.69. The summed E-state index contributed by atoms with van der Waals surface area (Å²) < 4.78 is 6.75. The Balaban J connectivity index is 3.20. The highest BCUT2D eigenvalue weighted by Gasteiger charge is 2.08. The van der Waals surface area contributed by atoms with Gasteiger partial charge in [-0.05, 0) is 25.5 Å². The maximum absolute atomic E-state index is 12.0. The van der Waals surface area contributed by atoms with E-state index in [-0.39, 0.29) is 5.56 Å². The van der Waals surface area contributed by atoms with Gasteiger partial charge in [0.2, 0.25) is 0 Å². The van der Waals surface area contributed by atoms with Crippen LogP contribution in [0.4, 0.5) is 0 Å². The Labute approximate surface area is 98.2 Å². The van der Waals surface area contributed by atoms with Gasteiger partial charge in [0.15, 0.2) is 0 Å². The van der Waals surface area contributed by atoms with Crippen molar-refractivity contribution in [2.24, 2.45) is 0 Å². The minimum Gasteiger partial charge on any atom is -0.383 e. The van der Waals surface area contributed by atoms with E-state index in [1.165, 1.54) is 0 Å². The summed E-state index contributed by atoms with van der Waals surface area (Å²) in [5.74, 6) is 0. The number of nitrogens with zero attached hydrogens (tertiary/aromatic N) is 1. The molecular formula is C11H16BrNO2. The van der Waals surface area contributed by atoms with E-state index in [0.717, 1.165) is 16.8 Å². The van der Waals surface area contributed by atoms with E-state index in [0.29, 0.717) is 18.5 Å². The summed E-state index contributed by atoms with van der Waals surface area (Å²) in [6, 6.07) is 2.04. The smallest absolute Gasteiger partial charge is 0.255 e. The summed E-state index contributed by atoms with van der Waals surface area (Å²) in [6.07, 6.45) is 0. The zero-order valence-electron chi connectivity index (χ0n) is 9.34. The van der Waals surface area contributed by atoms with Crippen LogP contribution >= 0.6 is 15.9 Å². The first-order valence-electron chi connectivity index (χ1n) is 4.86. The van der Waals surface area contributed by atoms with Crippen molar-refractivity contribution in [3.63, 3.8) is 0 Å². The Kier molecular flexibility index (Phi) is 4.54. The molecule has 0 amide bonds. The van der Waals surface area contributed by atoms with Gasteiger partial charge in [0.1, 0.15) is 0 Å². The fraction of sp³-hybridized carbons (Fsp3) is 0.545. The minimum atomic E-state index is 0.0847. The number of hydrogen-bond acceptors (Lipinski definition) is 2. The molecule has 0 radical (unpaired) electrons. The Hall–Kier alpha value is -0.610. The predicted octanol–water partition coefficient (Wildman–Crippen LogP) is 2.01. The normalized spacial score (nSPS) is 10.7. The van der Waals surface area contributed by atoms with Crippen molar-refractivity contribution in [3.05, 3.63) is 33.2 Å². The Morgan fingerprint density at radius 1 is 1.47 bits per heavy atom. The second kappa shape index (κ2) is 5.47. The van der Waals surface area contributed by atoms with Gasteiger partial charge in [-0.3, -0.25) is 4.79 Å². The van der Waals surface area contributed by atoms with Gasteiger partial charge in [-0.25, -0.2) is 0 Å². The second-order valence-corrected chi connectivity index (χ2v) is 4.09. The van der Waals surface area contributed by atoms with Gasteiger partial charge in [-0.2, -0.15) is 0 Å². The number of aromatic nitrogens is 1. The largest absolute Gasteiger partial charge is 0.383 e.